The minimum atomic E-state index is -3.46. The van der Waals surface area contributed by atoms with Crippen LogP contribution in [0.2, 0.25) is 0 Å². The molecular formula is C13H24N2O5S. The molecule has 2 heterocycles. The Morgan fingerprint density at radius 1 is 1.24 bits per heavy atom. The number of aliphatic carboxylic acids is 1. The number of carbonyl (C=O) groups is 1. The highest BCUT2D eigenvalue weighted by atomic mass is 32.2. The van der Waals surface area contributed by atoms with Crippen LogP contribution in [0.5, 0.6) is 0 Å². The summed E-state index contributed by atoms with van der Waals surface area (Å²) in [4.78, 5) is 10.5. The molecule has 21 heavy (non-hydrogen) atoms. The monoisotopic (exact) mass is 320 g/mol. The Morgan fingerprint density at radius 2 is 1.76 bits per heavy atom. The van der Waals surface area contributed by atoms with Crippen molar-refractivity contribution < 1.29 is 23.1 Å². The molecule has 0 saturated carbocycles. The molecule has 8 heteroatoms. The maximum absolute atomic E-state index is 12.6. The minimum absolute atomic E-state index is 0.210. The largest absolute Gasteiger partial charge is 0.480 e. The summed E-state index contributed by atoms with van der Waals surface area (Å²) < 4.78 is 33.3. The van der Waals surface area contributed by atoms with Gasteiger partial charge in [0.25, 0.3) is 10.2 Å². The summed E-state index contributed by atoms with van der Waals surface area (Å²) in [5.74, 6) is -0.324. The van der Waals surface area contributed by atoms with Gasteiger partial charge < -0.3 is 9.84 Å². The van der Waals surface area contributed by atoms with Crippen molar-refractivity contribution in [2.45, 2.75) is 32.8 Å². The first-order chi connectivity index (χ1) is 9.62. The highest BCUT2D eigenvalue weighted by Crippen LogP contribution is 2.31. The van der Waals surface area contributed by atoms with Gasteiger partial charge in [0.1, 0.15) is 6.61 Å². The van der Waals surface area contributed by atoms with Crippen molar-refractivity contribution in [3.63, 3.8) is 0 Å². The van der Waals surface area contributed by atoms with Gasteiger partial charge in [0.05, 0.1) is 5.60 Å². The standard InChI is InChI=1S/C13H24N2O5S/c1-10-4-11(2)6-14(5-10)21(18,19)15-8-13(3,9-15)20-7-12(16)17/h10-11H,4-9H2,1-3H3,(H,16,17). The maximum atomic E-state index is 12.6. The van der Waals surface area contributed by atoms with Gasteiger partial charge >= 0.3 is 5.97 Å². The molecule has 2 saturated heterocycles. The lowest BCUT2D eigenvalue weighted by Crippen LogP contribution is -2.66. The number of carboxylic acid groups (broad SMARTS) is 1. The van der Waals surface area contributed by atoms with Crippen LogP contribution in [-0.4, -0.2) is 66.5 Å². The smallest absolute Gasteiger partial charge is 0.329 e. The molecule has 0 radical (unpaired) electrons. The Balaban J connectivity index is 1.95. The van der Waals surface area contributed by atoms with E-state index >= 15 is 0 Å². The van der Waals surface area contributed by atoms with Gasteiger partial charge in [-0.25, -0.2) is 4.79 Å². The Morgan fingerprint density at radius 3 is 2.24 bits per heavy atom. The van der Waals surface area contributed by atoms with Crippen molar-refractivity contribution in [1.29, 1.82) is 0 Å². The lowest BCUT2D eigenvalue weighted by Gasteiger charge is -2.48. The summed E-state index contributed by atoms with van der Waals surface area (Å²) in [7, 11) is -3.46. The van der Waals surface area contributed by atoms with Crippen LogP contribution in [0, 0.1) is 11.8 Å². The average Bonchev–Trinajstić information content (AvgIpc) is 2.31. The normalized spacial score (nSPS) is 30.8. The first kappa shape index (κ1) is 16.7. The van der Waals surface area contributed by atoms with Gasteiger partial charge in [0.15, 0.2) is 0 Å². The summed E-state index contributed by atoms with van der Waals surface area (Å²) in [5.41, 5.74) is -0.696. The van der Waals surface area contributed by atoms with E-state index < -0.39 is 28.4 Å². The van der Waals surface area contributed by atoms with Gasteiger partial charge in [-0.3, -0.25) is 0 Å². The molecule has 0 aromatic heterocycles. The van der Waals surface area contributed by atoms with Crippen LogP contribution in [0.25, 0.3) is 0 Å². The molecule has 2 rings (SSSR count). The Kier molecular flexibility index (Phi) is 4.63. The predicted molar refractivity (Wildman–Crippen MR) is 77.0 cm³/mol. The van der Waals surface area contributed by atoms with Crippen molar-refractivity contribution in [2.24, 2.45) is 11.8 Å². The van der Waals surface area contributed by atoms with Gasteiger partial charge in [-0.2, -0.15) is 17.0 Å². The predicted octanol–water partition coefficient (Wildman–Crippen LogP) is 0.385. The van der Waals surface area contributed by atoms with Crippen LogP contribution in [0.15, 0.2) is 0 Å². The third-order valence-corrected chi connectivity index (χ3v) is 5.92. The van der Waals surface area contributed by atoms with Crippen molar-refractivity contribution in [1.82, 2.24) is 8.61 Å². The highest BCUT2D eigenvalue weighted by Gasteiger charge is 2.48. The second kappa shape index (κ2) is 5.83. The molecular weight excluding hydrogens is 296 g/mol. The number of rotatable bonds is 5. The third-order valence-electron chi connectivity index (χ3n) is 4.05. The van der Waals surface area contributed by atoms with E-state index in [2.05, 4.69) is 13.8 Å². The fourth-order valence-electron chi connectivity index (χ4n) is 3.15. The van der Waals surface area contributed by atoms with Crippen molar-refractivity contribution in [2.75, 3.05) is 32.8 Å². The van der Waals surface area contributed by atoms with Gasteiger partial charge in [0.2, 0.25) is 0 Å². The van der Waals surface area contributed by atoms with Gasteiger partial charge in [0, 0.05) is 26.2 Å². The number of ether oxygens (including phenoxy) is 1. The molecule has 0 aliphatic carbocycles. The maximum Gasteiger partial charge on any atom is 0.329 e. The molecule has 2 aliphatic heterocycles. The van der Waals surface area contributed by atoms with E-state index in [0.717, 1.165) is 6.42 Å². The van der Waals surface area contributed by atoms with Crippen LogP contribution in [0.3, 0.4) is 0 Å². The number of hydrogen-bond donors (Lipinski definition) is 1. The molecule has 0 aromatic carbocycles. The molecule has 0 amide bonds. The van der Waals surface area contributed by atoms with E-state index in [4.69, 9.17) is 9.84 Å². The number of carboxylic acids is 1. The highest BCUT2D eigenvalue weighted by molar-refractivity contribution is 7.86. The summed E-state index contributed by atoms with van der Waals surface area (Å²) in [6.45, 7) is 6.99. The molecule has 0 bridgehead atoms. The Hall–Kier alpha value is -0.700. The zero-order chi connectivity index (χ0) is 15.8. The van der Waals surface area contributed by atoms with Crippen molar-refractivity contribution in [3.8, 4) is 0 Å². The van der Waals surface area contributed by atoms with E-state index in [9.17, 15) is 13.2 Å². The van der Waals surface area contributed by atoms with E-state index in [1.165, 1.54) is 4.31 Å². The van der Waals surface area contributed by atoms with E-state index in [1.807, 2.05) is 0 Å². The van der Waals surface area contributed by atoms with Gasteiger partial charge in [-0.05, 0) is 25.2 Å². The fourth-order valence-corrected chi connectivity index (χ4v) is 5.23. The fraction of sp³-hybridized carbons (Fsp3) is 0.923. The topological polar surface area (TPSA) is 87.2 Å². The molecule has 1 N–H and O–H groups in total. The summed E-state index contributed by atoms with van der Waals surface area (Å²) in [6, 6.07) is 0. The molecule has 2 fully saturated rings. The van der Waals surface area contributed by atoms with E-state index in [0.29, 0.717) is 24.9 Å². The first-order valence-corrected chi connectivity index (χ1v) is 8.63. The molecule has 2 aliphatic rings. The summed E-state index contributed by atoms with van der Waals surface area (Å²) >= 11 is 0. The number of hydrogen-bond acceptors (Lipinski definition) is 4. The third kappa shape index (κ3) is 3.74. The Labute approximate surface area is 126 Å². The van der Waals surface area contributed by atoms with Gasteiger partial charge in [-0.15, -0.1) is 0 Å². The van der Waals surface area contributed by atoms with Crippen LogP contribution in [0.1, 0.15) is 27.2 Å². The second-order valence-electron chi connectivity index (χ2n) is 6.67. The number of piperidine rings is 1. The molecule has 2 unspecified atom stereocenters. The average molecular weight is 320 g/mol. The lowest BCUT2D eigenvalue weighted by molar-refractivity contribution is -0.157. The van der Waals surface area contributed by atoms with Crippen LogP contribution in [-0.2, 0) is 19.7 Å². The summed E-state index contributed by atoms with van der Waals surface area (Å²) in [6.07, 6.45) is 1.05. The Bertz CT molecular complexity index is 491. The zero-order valence-corrected chi connectivity index (χ0v) is 13.6. The van der Waals surface area contributed by atoms with Crippen molar-refractivity contribution in [3.05, 3.63) is 0 Å². The van der Waals surface area contributed by atoms with Crippen molar-refractivity contribution >= 4 is 16.2 Å². The first-order valence-electron chi connectivity index (χ1n) is 7.23. The van der Waals surface area contributed by atoms with Crippen LogP contribution in [0.4, 0.5) is 0 Å². The minimum Gasteiger partial charge on any atom is -0.480 e. The van der Waals surface area contributed by atoms with Crippen LogP contribution < -0.4 is 0 Å². The lowest BCUT2D eigenvalue weighted by atomic mass is 9.94. The quantitative estimate of drug-likeness (QED) is 0.791. The molecule has 2 atom stereocenters. The summed E-state index contributed by atoms with van der Waals surface area (Å²) in [5, 5.41) is 8.62. The zero-order valence-electron chi connectivity index (χ0n) is 12.8. The van der Waals surface area contributed by atoms with E-state index in [-0.39, 0.29) is 13.1 Å². The molecule has 0 spiro atoms. The molecule has 0 aromatic rings. The molecule has 122 valence electrons. The SMILES string of the molecule is CC1CC(C)CN(S(=O)(=O)N2CC(C)(OCC(=O)O)C2)C1. The molecule has 7 nitrogen and oxygen atoms in total. The van der Waals surface area contributed by atoms with Crippen LogP contribution >= 0.6 is 0 Å². The van der Waals surface area contributed by atoms with Gasteiger partial charge in [-0.1, -0.05) is 13.8 Å². The second-order valence-corrected chi connectivity index (χ2v) is 8.60. The number of nitrogens with zero attached hydrogens (tertiary/aromatic N) is 2. The van der Waals surface area contributed by atoms with E-state index in [1.54, 1.807) is 11.2 Å².